The van der Waals surface area contributed by atoms with Gasteiger partial charge in [0.15, 0.2) is 11.5 Å². The maximum atomic E-state index is 12.8. The van der Waals surface area contributed by atoms with Gasteiger partial charge in [-0.05, 0) is 31.5 Å². The summed E-state index contributed by atoms with van der Waals surface area (Å²) < 4.78 is 1.49. The molecule has 2 heterocycles. The summed E-state index contributed by atoms with van der Waals surface area (Å²) in [5.74, 6) is 0.370. The molecule has 2 aromatic heterocycles. The molecule has 0 unspecified atom stereocenters. The molecule has 7 heteroatoms. The van der Waals surface area contributed by atoms with Crippen molar-refractivity contribution in [1.29, 1.82) is 0 Å². The smallest absolute Gasteiger partial charge is 0.274 e. The highest BCUT2D eigenvalue weighted by Crippen LogP contribution is 2.12. The summed E-state index contributed by atoms with van der Waals surface area (Å²) in [7, 11) is 0. The Labute approximate surface area is 140 Å². The van der Waals surface area contributed by atoms with E-state index in [1.165, 1.54) is 17.3 Å². The van der Waals surface area contributed by atoms with Crippen LogP contribution in [0.1, 0.15) is 29.9 Å². The van der Waals surface area contributed by atoms with E-state index < -0.39 is 0 Å². The molecule has 0 spiro atoms. The Morgan fingerprint density at radius 2 is 1.92 bits per heavy atom. The molecule has 0 fully saturated rings. The van der Waals surface area contributed by atoms with Gasteiger partial charge < -0.3 is 4.90 Å². The number of nitrogens with zero attached hydrogens (tertiary/aromatic N) is 6. The van der Waals surface area contributed by atoms with Crippen LogP contribution in [0.5, 0.6) is 0 Å². The minimum absolute atomic E-state index is 0.0505. The molecule has 0 atom stereocenters. The summed E-state index contributed by atoms with van der Waals surface area (Å²) in [6.45, 7) is 4.50. The van der Waals surface area contributed by atoms with Crippen molar-refractivity contribution in [1.82, 2.24) is 29.9 Å². The van der Waals surface area contributed by atoms with Crippen LogP contribution in [-0.4, -0.2) is 41.8 Å². The van der Waals surface area contributed by atoms with Gasteiger partial charge in [0.1, 0.15) is 12.7 Å². The predicted molar refractivity (Wildman–Crippen MR) is 88.4 cm³/mol. The van der Waals surface area contributed by atoms with Crippen LogP contribution in [0.15, 0.2) is 55.1 Å². The molecule has 0 radical (unpaired) electrons. The third kappa shape index (κ3) is 3.45. The maximum absolute atomic E-state index is 12.8. The van der Waals surface area contributed by atoms with Gasteiger partial charge in [0, 0.05) is 12.6 Å². The molecule has 0 saturated heterocycles. The summed E-state index contributed by atoms with van der Waals surface area (Å²) in [5.41, 5.74) is 1.38. The fourth-order valence-electron chi connectivity index (χ4n) is 2.30. The summed E-state index contributed by atoms with van der Waals surface area (Å²) in [6.07, 6.45) is 2.95. The molecule has 0 bridgehead atoms. The zero-order chi connectivity index (χ0) is 16.9. The molecule has 1 amide bonds. The molecule has 0 aliphatic rings. The number of hydrogen-bond acceptors (Lipinski definition) is 5. The van der Waals surface area contributed by atoms with E-state index in [-0.39, 0.29) is 11.9 Å². The van der Waals surface area contributed by atoms with Crippen molar-refractivity contribution in [3.05, 3.63) is 66.4 Å². The van der Waals surface area contributed by atoms with E-state index in [1.807, 2.05) is 44.2 Å². The average molecular weight is 322 g/mol. The van der Waals surface area contributed by atoms with Gasteiger partial charge in [0.2, 0.25) is 0 Å². The number of hydrogen-bond donors (Lipinski definition) is 0. The molecular formula is C17H18N6O. The Morgan fingerprint density at radius 1 is 1.12 bits per heavy atom. The highest BCUT2D eigenvalue weighted by molar-refractivity contribution is 5.92. The summed E-state index contributed by atoms with van der Waals surface area (Å²) >= 11 is 0. The second kappa shape index (κ2) is 6.99. The van der Waals surface area contributed by atoms with E-state index in [0.717, 1.165) is 5.56 Å². The van der Waals surface area contributed by atoms with Crippen LogP contribution in [0, 0.1) is 0 Å². The normalized spacial score (nSPS) is 10.8. The van der Waals surface area contributed by atoms with Crippen molar-refractivity contribution in [2.24, 2.45) is 0 Å². The number of rotatable bonds is 5. The molecule has 0 aliphatic carbocycles. The first-order valence-corrected chi connectivity index (χ1v) is 7.69. The predicted octanol–water partition coefficient (Wildman–Crippen LogP) is 2.11. The number of benzene rings is 1. The van der Waals surface area contributed by atoms with Gasteiger partial charge in [-0.25, -0.2) is 9.67 Å². The number of carbonyl (C=O) groups is 1. The van der Waals surface area contributed by atoms with Crippen molar-refractivity contribution in [2.75, 3.05) is 0 Å². The van der Waals surface area contributed by atoms with Crippen LogP contribution in [0.2, 0.25) is 0 Å². The van der Waals surface area contributed by atoms with Crippen molar-refractivity contribution >= 4 is 5.91 Å². The Balaban J connectivity index is 1.80. The molecule has 122 valence electrons. The Bertz CT molecular complexity index is 784. The second-order valence-electron chi connectivity index (χ2n) is 5.63. The Morgan fingerprint density at radius 3 is 2.50 bits per heavy atom. The van der Waals surface area contributed by atoms with Gasteiger partial charge in [0.05, 0.1) is 0 Å². The van der Waals surface area contributed by atoms with Gasteiger partial charge in [-0.1, -0.05) is 30.3 Å². The minimum Gasteiger partial charge on any atom is -0.331 e. The van der Waals surface area contributed by atoms with E-state index in [4.69, 9.17) is 0 Å². The van der Waals surface area contributed by atoms with E-state index in [9.17, 15) is 4.79 Å². The van der Waals surface area contributed by atoms with Gasteiger partial charge in [-0.2, -0.15) is 5.10 Å². The number of aromatic nitrogens is 5. The summed E-state index contributed by atoms with van der Waals surface area (Å²) in [5, 5.41) is 12.1. The lowest BCUT2D eigenvalue weighted by Crippen LogP contribution is -2.37. The van der Waals surface area contributed by atoms with Crippen LogP contribution in [0.4, 0.5) is 0 Å². The van der Waals surface area contributed by atoms with Crippen molar-refractivity contribution in [3.8, 4) is 5.82 Å². The Hall–Kier alpha value is -3.09. The maximum Gasteiger partial charge on any atom is 0.274 e. The van der Waals surface area contributed by atoms with E-state index in [1.54, 1.807) is 17.0 Å². The van der Waals surface area contributed by atoms with Crippen LogP contribution in [0.25, 0.3) is 5.82 Å². The molecule has 7 nitrogen and oxygen atoms in total. The first-order valence-electron chi connectivity index (χ1n) is 7.69. The van der Waals surface area contributed by atoms with Crippen LogP contribution >= 0.6 is 0 Å². The fraction of sp³-hybridized carbons (Fsp3) is 0.235. The standard InChI is InChI=1S/C17H18N6O/c1-13(2)22(10-14-6-4-3-5-7-14)17(24)15-8-9-16(21-20-15)23-12-18-11-19-23/h3-9,11-13H,10H2,1-2H3. The molecule has 1 aromatic carbocycles. The lowest BCUT2D eigenvalue weighted by molar-refractivity contribution is 0.0683. The largest absolute Gasteiger partial charge is 0.331 e. The molecule has 0 N–H and O–H groups in total. The molecule has 24 heavy (non-hydrogen) atoms. The van der Waals surface area contributed by atoms with E-state index in [0.29, 0.717) is 18.1 Å². The highest BCUT2D eigenvalue weighted by Gasteiger charge is 2.20. The molecule has 3 rings (SSSR count). The highest BCUT2D eigenvalue weighted by atomic mass is 16.2. The third-order valence-electron chi connectivity index (χ3n) is 3.60. The number of amides is 1. The SMILES string of the molecule is CC(C)N(Cc1ccccc1)C(=O)c1ccc(-n2cncn2)nn1. The molecular weight excluding hydrogens is 304 g/mol. The van der Waals surface area contributed by atoms with Crippen LogP contribution in [-0.2, 0) is 6.54 Å². The van der Waals surface area contributed by atoms with Crippen LogP contribution < -0.4 is 0 Å². The van der Waals surface area contributed by atoms with Gasteiger partial charge in [-0.15, -0.1) is 10.2 Å². The second-order valence-corrected chi connectivity index (χ2v) is 5.63. The fourth-order valence-corrected chi connectivity index (χ4v) is 2.30. The van der Waals surface area contributed by atoms with E-state index in [2.05, 4.69) is 20.3 Å². The minimum atomic E-state index is -0.147. The summed E-state index contributed by atoms with van der Waals surface area (Å²) in [4.78, 5) is 18.4. The monoisotopic (exact) mass is 322 g/mol. The lowest BCUT2D eigenvalue weighted by atomic mass is 10.1. The molecule has 3 aromatic rings. The Kier molecular flexibility index (Phi) is 4.60. The third-order valence-corrected chi connectivity index (χ3v) is 3.60. The zero-order valence-corrected chi connectivity index (χ0v) is 13.6. The van der Waals surface area contributed by atoms with Crippen molar-refractivity contribution < 1.29 is 4.79 Å². The average Bonchev–Trinajstić information content (AvgIpc) is 3.14. The van der Waals surface area contributed by atoms with Crippen molar-refractivity contribution in [3.63, 3.8) is 0 Å². The lowest BCUT2D eigenvalue weighted by Gasteiger charge is -2.26. The number of carbonyl (C=O) groups excluding carboxylic acids is 1. The molecule has 0 aliphatic heterocycles. The van der Waals surface area contributed by atoms with Gasteiger partial charge in [-0.3, -0.25) is 4.79 Å². The van der Waals surface area contributed by atoms with Crippen molar-refractivity contribution in [2.45, 2.75) is 26.4 Å². The van der Waals surface area contributed by atoms with Crippen LogP contribution in [0.3, 0.4) is 0 Å². The zero-order valence-electron chi connectivity index (χ0n) is 13.6. The topological polar surface area (TPSA) is 76.8 Å². The quantitative estimate of drug-likeness (QED) is 0.719. The summed E-state index contributed by atoms with van der Waals surface area (Å²) in [6, 6.07) is 13.3. The first kappa shape index (κ1) is 15.8. The first-order chi connectivity index (χ1) is 11.6. The van der Waals surface area contributed by atoms with Gasteiger partial charge >= 0.3 is 0 Å². The molecule has 0 saturated carbocycles. The van der Waals surface area contributed by atoms with Gasteiger partial charge in [0.25, 0.3) is 5.91 Å². The van der Waals surface area contributed by atoms with E-state index >= 15 is 0 Å².